The Morgan fingerprint density at radius 3 is 2.15 bits per heavy atom. The molecule has 0 amide bonds. The number of hydrogen-bond donors (Lipinski definition) is 1. The first-order chi connectivity index (χ1) is 15.3. The molecule has 5 aliphatic rings. The van der Waals surface area contributed by atoms with Crippen LogP contribution in [0.25, 0.3) is 0 Å². The van der Waals surface area contributed by atoms with Crippen molar-refractivity contribution in [2.45, 2.75) is 125 Å². The smallest absolute Gasteiger partial charge is 0.0625 e. The van der Waals surface area contributed by atoms with Gasteiger partial charge in [-0.3, -0.25) is 0 Å². The predicted molar refractivity (Wildman–Crippen MR) is 137 cm³/mol. The van der Waals surface area contributed by atoms with Gasteiger partial charge in [-0.25, -0.2) is 0 Å². The summed E-state index contributed by atoms with van der Waals surface area (Å²) >= 11 is 0. The van der Waals surface area contributed by atoms with E-state index in [1.54, 1.807) is 5.57 Å². The summed E-state index contributed by atoms with van der Waals surface area (Å²) in [5.41, 5.74) is 3.32. The van der Waals surface area contributed by atoms with Crippen LogP contribution in [0.5, 0.6) is 0 Å². The van der Waals surface area contributed by atoms with Crippen LogP contribution in [-0.4, -0.2) is 24.4 Å². The Morgan fingerprint density at radius 1 is 0.758 bits per heavy atom. The number of aliphatic hydroxyl groups is 1. The molecule has 5 rings (SSSR count). The second-order valence-corrected chi connectivity index (χ2v) is 15.1. The topological polar surface area (TPSA) is 29.5 Å². The van der Waals surface area contributed by atoms with Crippen LogP contribution >= 0.6 is 0 Å². The van der Waals surface area contributed by atoms with Crippen LogP contribution in [0.2, 0.25) is 0 Å². The third-order valence-corrected chi connectivity index (χ3v) is 13.1. The zero-order valence-corrected chi connectivity index (χ0v) is 23.0. The molecule has 0 aromatic carbocycles. The Labute approximate surface area is 204 Å². The number of rotatable bonds is 1. The SMILES string of the molecule is CO[C@H]1CC[C@]2(C)[C@H](CC[C@]3(C)CC4=CC[C@@H]5C(C)(C)[C@H](O)CC[C@]5(C)[C@@H]4CC[C@@H]32)C1(C)C. The minimum Gasteiger partial charge on any atom is -0.393 e. The molecule has 0 aliphatic heterocycles. The van der Waals surface area contributed by atoms with Crippen molar-refractivity contribution in [3.63, 3.8) is 0 Å². The Hall–Kier alpha value is -0.340. The van der Waals surface area contributed by atoms with Crippen LogP contribution in [-0.2, 0) is 4.74 Å². The highest BCUT2D eigenvalue weighted by atomic mass is 16.5. The minimum absolute atomic E-state index is 0.0254. The Morgan fingerprint density at radius 2 is 1.45 bits per heavy atom. The van der Waals surface area contributed by atoms with Crippen molar-refractivity contribution in [1.29, 1.82) is 0 Å². The molecule has 0 aromatic rings. The molecular formula is C31H52O2. The second kappa shape index (κ2) is 7.58. The van der Waals surface area contributed by atoms with E-state index in [0.29, 0.717) is 28.3 Å². The van der Waals surface area contributed by atoms with Gasteiger partial charge < -0.3 is 9.84 Å². The number of ether oxygens (including phenoxy) is 1. The number of hydrogen-bond acceptors (Lipinski definition) is 2. The quantitative estimate of drug-likeness (QED) is 0.408. The van der Waals surface area contributed by atoms with E-state index in [9.17, 15) is 5.11 Å². The van der Waals surface area contributed by atoms with Crippen LogP contribution in [0, 0.1) is 50.7 Å². The van der Waals surface area contributed by atoms with Crippen LogP contribution < -0.4 is 0 Å². The van der Waals surface area contributed by atoms with E-state index in [2.05, 4.69) is 54.5 Å². The van der Waals surface area contributed by atoms with Crippen LogP contribution in [0.1, 0.15) is 113 Å². The summed E-state index contributed by atoms with van der Waals surface area (Å²) in [5, 5.41) is 10.9. The largest absolute Gasteiger partial charge is 0.393 e. The fraction of sp³-hybridized carbons (Fsp3) is 0.935. The lowest BCUT2D eigenvalue weighted by Crippen LogP contribution is -2.58. The van der Waals surface area contributed by atoms with Gasteiger partial charge in [0.05, 0.1) is 12.2 Å². The van der Waals surface area contributed by atoms with Gasteiger partial charge in [0.2, 0.25) is 0 Å². The summed E-state index contributed by atoms with van der Waals surface area (Å²) in [7, 11) is 1.94. The highest BCUT2D eigenvalue weighted by Crippen LogP contribution is 2.70. The van der Waals surface area contributed by atoms with Crippen LogP contribution in [0.15, 0.2) is 11.6 Å². The molecule has 5 aliphatic carbocycles. The maximum Gasteiger partial charge on any atom is 0.0625 e. The van der Waals surface area contributed by atoms with Crippen molar-refractivity contribution in [2.75, 3.05) is 7.11 Å². The van der Waals surface area contributed by atoms with Gasteiger partial charge >= 0.3 is 0 Å². The van der Waals surface area contributed by atoms with E-state index < -0.39 is 0 Å². The minimum atomic E-state index is -0.144. The standard InChI is InChI=1S/C31H52O2/c1-27(2)22-11-9-20-19-29(5)16-13-23-28(3,4)26(33-8)15-18-31(23,7)24(29)12-10-21(20)30(22,6)17-14-25(27)32/h9,21-26,32H,10-19H2,1-8H3/t21-,22-,23-,24+,25-,26+,29-,30-,31-/m1/s1. The van der Waals surface area contributed by atoms with Crippen molar-refractivity contribution >= 4 is 0 Å². The summed E-state index contributed by atoms with van der Waals surface area (Å²) in [5.74, 6) is 2.91. The first-order valence-electron chi connectivity index (χ1n) is 14.2. The fourth-order valence-electron chi connectivity index (χ4n) is 11.3. The molecule has 2 nitrogen and oxygen atoms in total. The van der Waals surface area contributed by atoms with Gasteiger partial charge in [-0.2, -0.15) is 0 Å². The molecule has 4 fully saturated rings. The van der Waals surface area contributed by atoms with E-state index in [1.807, 2.05) is 7.11 Å². The zero-order valence-electron chi connectivity index (χ0n) is 23.0. The number of allylic oxidation sites excluding steroid dienone is 2. The van der Waals surface area contributed by atoms with Crippen LogP contribution in [0.4, 0.5) is 0 Å². The summed E-state index contributed by atoms with van der Waals surface area (Å²) in [6, 6.07) is 0. The molecule has 2 heteroatoms. The van der Waals surface area contributed by atoms with E-state index in [1.165, 1.54) is 57.8 Å². The first-order valence-corrected chi connectivity index (χ1v) is 14.2. The maximum atomic E-state index is 10.9. The molecule has 0 bridgehead atoms. The summed E-state index contributed by atoms with van der Waals surface area (Å²) in [4.78, 5) is 0. The Bertz CT molecular complexity index is 810. The number of methoxy groups -OCH3 is 1. The second-order valence-electron chi connectivity index (χ2n) is 15.1. The van der Waals surface area contributed by atoms with Gasteiger partial charge in [-0.05, 0) is 115 Å². The highest BCUT2D eigenvalue weighted by Gasteiger charge is 2.63. The molecule has 33 heavy (non-hydrogen) atoms. The predicted octanol–water partition coefficient (Wildman–Crippen LogP) is 7.79. The molecule has 4 saturated carbocycles. The van der Waals surface area contributed by atoms with E-state index in [0.717, 1.165) is 24.2 Å². The summed E-state index contributed by atoms with van der Waals surface area (Å²) < 4.78 is 6.03. The molecular weight excluding hydrogens is 404 g/mol. The van der Waals surface area contributed by atoms with Crippen LogP contribution in [0.3, 0.4) is 0 Å². The molecule has 0 aromatic heterocycles. The van der Waals surface area contributed by atoms with E-state index >= 15 is 0 Å². The van der Waals surface area contributed by atoms with Crippen molar-refractivity contribution < 1.29 is 9.84 Å². The molecule has 188 valence electrons. The molecule has 0 unspecified atom stereocenters. The van der Waals surface area contributed by atoms with Gasteiger partial charge in [0, 0.05) is 7.11 Å². The lowest BCUT2D eigenvalue weighted by molar-refractivity contribution is -0.178. The third kappa shape index (κ3) is 3.24. The Balaban J connectivity index is 1.49. The Kier molecular flexibility index (Phi) is 5.60. The van der Waals surface area contributed by atoms with Crippen molar-refractivity contribution in [1.82, 2.24) is 0 Å². The highest BCUT2D eigenvalue weighted by molar-refractivity contribution is 5.25. The molecule has 0 saturated heterocycles. The number of fused-ring (bicyclic) bond motifs is 6. The van der Waals surface area contributed by atoms with E-state index in [-0.39, 0.29) is 16.9 Å². The lowest BCUT2D eigenvalue weighted by atomic mass is 9.42. The molecule has 0 heterocycles. The van der Waals surface area contributed by atoms with Gasteiger partial charge in [-0.15, -0.1) is 0 Å². The first kappa shape index (κ1) is 24.4. The van der Waals surface area contributed by atoms with Crippen molar-refractivity contribution in [3.8, 4) is 0 Å². The molecule has 9 atom stereocenters. The summed E-state index contributed by atoms with van der Waals surface area (Å²) in [6.07, 6.45) is 15.7. The fourth-order valence-corrected chi connectivity index (χ4v) is 11.3. The average Bonchev–Trinajstić information content (AvgIpc) is 2.88. The molecule has 0 spiro atoms. The number of aliphatic hydroxyl groups excluding tert-OH is 1. The third-order valence-electron chi connectivity index (χ3n) is 13.1. The van der Waals surface area contributed by atoms with Gasteiger partial charge in [-0.1, -0.05) is 60.1 Å². The van der Waals surface area contributed by atoms with Crippen molar-refractivity contribution in [3.05, 3.63) is 11.6 Å². The molecule has 0 radical (unpaired) electrons. The van der Waals surface area contributed by atoms with Gasteiger partial charge in [0.25, 0.3) is 0 Å². The average molecular weight is 457 g/mol. The van der Waals surface area contributed by atoms with Crippen molar-refractivity contribution in [2.24, 2.45) is 50.7 Å². The van der Waals surface area contributed by atoms with E-state index in [4.69, 9.17) is 4.74 Å². The molecule has 1 N–H and O–H groups in total. The van der Waals surface area contributed by atoms with Gasteiger partial charge in [0.1, 0.15) is 0 Å². The summed E-state index contributed by atoms with van der Waals surface area (Å²) in [6.45, 7) is 17.7. The van der Waals surface area contributed by atoms with Gasteiger partial charge in [0.15, 0.2) is 0 Å². The lowest BCUT2D eigenvalue weighted by Gasteiger charge is -2.64. The normalized spacial score (nSPS) is 52.9. The maximum absolute atomic E-state index is 10.9. The zero-order chi connectivity index (χ0) is 24.0. The monoisotopic (exact) mass is 456 g/mol.